The van der Waals surface area contributed by atoms with Crippen molar-refractivity contribution in [1.29, 1.82) is 0 Å². The number of hydrogen-bond donors (Lipinski definition) is 0. The van der Waals surface area contributed by atoms with Crippen LogP contribution in [-0.2, 0) is 13.1 Å². The van der Waals surface area contributed by atoms with Crippen LogP contribution in [0.25, 0.3) is 11.1 Å². The smallest absolute Gasteiger partial charge is 0.271 e. The van der Waals surface area contributed by atoms with E-state index in [1.54, 1.807) is 34.4 Å². The van der Waals surface area contributed by atoms with E-state index in [4.69, 9.17) is 0 Å². The van der Waals surface area contributed by atoms with Crippen molar-refractivity contribution in [3.05, 3.63) is 81.3 Å². The van der Waals surface area contributed by atoms with E-state index in [9.17, 15) is 4.79 Å². The topological polar surface area (TPSA) is 29.1 Å². The molecule has 0 saturated heterocycles. The molecule has 0 spiro atoms. The van der Waals surface area contributed by atoms with Gasteiger partial charge in [0, 0.05) is 33.8 Å². The molecule has 0 atom stereocenters. The molecule has 9 heteroatoms. The van der Waals surface area contributed by atoms with Crippen molar-refractivity contribution in [2.45, 2.75) is 45.7 Å². The molecule has 0 unspecified atom stereocenters. The van der Waals surface area contributed by atoms with Gasteiger partial charge in [0.1, 0.15) is 14.2 Å². The molecule has 1 aliphatic heterocycles. The zero-order valence-corrected chi connectivity index (χ0v) is 23.7. The Morgan fingerprint density at radius 3 is 2.62 bits per heavy atom. The van der Waals surface area contributed by atoms with Gasteiger partial charge in [0.15, 0.2) is 12.7 Å². The predicted octanol–water partition coefficient (Wildman–Crippen LogP) is 1.45. The minimum atomic E-state index is 0. The summed E-state index contributed by atoms with van der Waals surface area (Å²) in [5.74, 6) is 0. The molecule has 4 heterocycles. The lowest BCUT2D eigenvalue weighted by molar-refractivity contribution is -0.685. The Kier molecular flexibility index (Phi) is 7.45. The molecule has 0 saturated carbocycles. The van der Waals surface area contributed by atoms with Crippen molar-refractivity contribution in [3.63, 3.8) is 0 Å². The van der Waals surface area contributed by atoms with E-state index in [1.807, 2.05) is 22.8 Å². The normalized spacial score (nSPS) is 15.1. The fourth-order valence-corrected chi connectivity index (χ4v) is 8.47. The molecule has 3 aromatic heterocycles. The number of fused-ring (bicyclic) bond motifs is 1. The van der Waals surface area contributed by atoms with E-state index in [0.29, 0.717) is 6.54 Å². The van der Waals surface area contributed by atoms with Crippen molar-refractivity contribution in [2.75, 3.05) is 11.9 Å². The summed E-state index contributed by atoms with van der Waals surface area (Å²) < 4.78 is 6.00. The summed E-state index contributed by atoms with van der Waals surface area (Å²) in [6.45, 7) is 10.0. The lowest BCUT2D eigenvalue weighted by Crippen LogP contribution is -3.00. The molecule has 0 fully saturated rings. The summed E-state index contributed by atoms with van der Waals surface area (Å²) in [5.41, 5.74) is 3.86. The standard InChI is InChI=1S/C25H26N3OS4.ClH/c1-6-28-22(13-21-27(9-10-30-21)14-18-12-16(3)31-17(18)4)33-23(24(28)29)25-26(5)19-8-7-15(2)11-20(19)32-25;/h7-13H,6,14H2,1-5H3;1H/q+1;/p-1/b25-23+;. The van der Waals surface area contributed by atoms with E-state index in [1.165, 1.54) is 31.5 Å². The maximum absolute atomic E-state index is 13.4. The van der Waals surface area contributed by atoms with Gasteiger partial charge >= 0.3 is 0 Å². The second-order valence-electron chi connectivity index (χ2n) is 8.21. The molecule has 0 bridgehead atoms. The molecule has 4 aromatic rings. The minimum Gasteiger partial charge on any atom is -1.00 e. The van der Waals surface area contributed by atoms with Gasteiger partial charge in [-0.15, -0.1) is 22.7 Å². The fraction of sp³-hybridized carbons (Fsp3) is 0.280. The number of hydrogen-bond acceptors (Lipinski definition) is 6. The first-order valence-electron chi connectivity index (χ1n) is 10.9. The van der Waals surface area contributed by atoms with Crippen LogP contribution in [0.1, 0.15) is 32.8 Å². The SMILES string of the molecule is CCn1c(=O)/c(=C2\Sc3cc(C)ccc3N2C)s/c1=C\c1scc[n+]1Cc1cc(C)sc1C.[Cl-]. The monoisotopic (exact) mass is 547 g/mol. The molecule has 0 amide bonds. The maximum atomic E-state index is 13.4. The highest BCUT2D eigenvalue weighted by molar-refractivity contribution is 8.08. The van der Waals surface area contributed by atoms with Crippen molar-refractivity contribution in [1.82, 2.24) is 4.57 Å². The van der Waals surface area contributed by atoms with Crippen LogP contribution >= 0.6 is 45.8 Å². The lowest BCUT2D eigenvalue weighted by Gasteiger charge is -2.12. The van der Waals surface area contributed by atoms with Crippen molar-refractivity contribution >= 4 is 62.6 Å². The zero-order chi connectivity index (χ0) is 23.3. The molecule has 5 rings (SSSR count). The summed E-state index contributed by atoms with van der Waals surface area (Å²) >= 11 is 6.86. The molecule has 1 aliphatic rings. The predicted molar refractivity (Wildman–Crippen MR) is 143 cm³/mol. The first-order chi connectivity index (χ1) is 15.9. The van der Waals surface area contributed by atoms with Crippen molar-refractivity contribution < 1.29 is 17.0 Å². The van der Waals surface area contributed by atoms with Crippen LogP contribution in [0.3, 0.4) is 0 Å². The highest BCUT2D eigenvalue weighted by atomic mass is 35.5. The van der Waals surface area contributed by atoms with Crippen LogP contribution in [0.15, 0.2) is 45.5 Å². The molecule has 178 valence electrons. The Morgan fingerprint density at radius 2 is 1.91 bits per heavy atom. The first kappa shape index (κ1) is 25.3. The number of anilines is 1. The van der Waals surface area contributed by atoms with E-state index in [0.717, 1.165) is 25.8 Å². The second-order valence-corrected chi connectivity index (χ2v) is 12.7. The van der Waals surface area contributed by atoms with Gasteiger partial charge in [0.25, 0.3) is 10.6 Å². The van der Waals surface area contributed by atoms with Crippen LogP contribution in [-0.4, -0.2) is 11.6 Å². The van der Waals surface area contributed by atoms with Gasteiger partial charge in [0.05, 0.1) is 17.1 Å². The number of thiazole rings is 2. The van der Waals surface area contributed by atoms with Crippen LogP contribution in [0.5, 0.6) is 0 Å². The van der Waals surface area contributed by atoms with Crippen LogP contribution in [0.2, 0.25) is 0 Å². The van der Waals surface area contributed by atoms with Crippen LogP contribution in [0, 0.1) is 20.8 Å². The maximum Gasteiger partial charge on any atom is 0.271 e. The van der Waals surface area contributed by atoms with Gasteiger partial charge in [-0.25, -0.2) is 0 Å². The minimum absolute atomic E-state index is 0. The number of aromatic nitrogens is 2. The highest BCUT2D eigenvalue weighted by Gasteiger charge is 2.25. The van der Waals surface area contributed by atoms with E-state index in [-0.39, 0.29) is 18.0 Å². The number of thioether (sulfide) groups is 1. The van der Waals surface area contributed by atoms with E-state index >= 15 is 0 Å². The average molecular weight is 548 g/mol. The Hall–Kier alpha value is -1.84. The first-order valence-corrected chi connectivity index (χ1v) is 14.2. The largest absolute Gasteiger partial charge is 1.00 e. The summed E-state index contributed by atoms with van der Waals surface area (Å²) in [4.78, 5) is 19.5. The Labute approximate surface area is 221 Å². The van der Waals surface area contributed by atoms with Gasteiger partial charge in [-0.2, -0.15) is 4.57 Å². The van der Waals surface area contributed by atoms with Gasteiger partial charge in [-0.1, -0.05) is 29.2 Å². The zero-order valence-electron chi connectivity index (χ0n) is 19.7. The summed E-state index contributed by atoms with van der Waals surface area (Å²) in [5, 5.41) is 4.30. The third-order valence-electron chi connectivity index (χ3n) is 5.85. The second kappa shape index (κ2) is 10.0. The fourth-order valence-electron chi connectivity index (χ4n) is 4.12. The van der Waals surface area contributed by atoms with Gasteiger partial charge in [-0.05, 0) is 51.5 Å². The number of halogens is 1. The van der Waals surface area contributed by atoms with E-state index < -0.39 is 0 Å². The number of thiophene rings is 1. The van der Waals surface area contributed by atoms with Gasteiger partial charge in [-0.3, -0.25) is 9.36 Å². The van der Waals surface area contributed by atoms with Gasteiger partial charge in [0.2, 0.25) is 0 Å². The number of aryl methyl sites for hydroxylation is 3. The lowest BCUT2D eigenvalue weighted by atomic mass is 10.2. The molecule has 4 nitrogen and oxygen atoms in total. The highest BCUT2D eigenvalue weighted by Crippen LogP contribution is 2.45. The molecule has 1 aromatic carbocycles. The average Bonchev–Trinajstić information content (AvgIpc) is 3.50. The number of nitrogens with zero attached hydrogens (tertiary/aromatic N) is 3. The van der Waals surface area contributed by atoms with Crippen molar-refractivity contribution in [3.8, 4) is 0 Å². The molecular formula is C25H26ClN3OS4. The van der Waals surface area contributed by atoms with Gasteiger partial charge < -0.3 is 17.3 Å². The molecular weight excluding hydrogens is 522 g/mol. The summed E-state index contributed by atoms with van der Waals surface area (Å²) in [6.07, 6.45) is 4.32. The number of benzene rings is 1. The molecule has 0 aliphatic carbocycles. The molecule has 0 N–H and O–H groups in total. The molecule has 34 heavy (non-hydrogen) atoms. The Morgan fingerprint density at radius 1 is 1.12 bits per heavy atom. The summed E-state index contributed by atoms with van der Waals surface area (Å²) in [7, 11) is 2.06. The van der Waals surface area contributed by atoms with Crippen LogP contribution < -0.4 is 36.6 Å². The Bertz CT molecular complexity index is 1540. The number of rotatable bonds is 4. The Balaban J connectivity index is 0.00000274. The third kappa shape index (κ3) is 4.54. The quantitative estimate of drug-likeness (QED) is 0.362. The summed E-state index contributed by atoms with van der Waals surface area (Å²) in [6, 6.07) is 8.75. The van der Waals surface area contributed by atoms with E-state index in [2.05, 4.69) is 79.2 Å². The van der Waals surface area contributed by atoms with Crippen molar-refractivity contribution in [2.24, 2.45) is 0 Å². The van der Waals surface area contributed by atoms with Crippen LogP contribution in [0.4, 0.5) is 5.69 Å². The molecule has 0 radical (unpaired) electrons. The third-order valence-corrected chi connectivity index (χ3v) is 10.2.